The molecule has 19 heavy (non-hydrogen) atoms. The molecule has 0 saturated carbocycles. The third-order valence-electron chi connectivity index (χ3n) is 3.81. The Kier molecular flexibility index (Phi) is 6.82. The molecular formula is C16H27NO2. The van der Waals surface area contributed by atoms with E-state index in [0.717, 1.165) is 19.1 Å². The van der Waals surface area contributed by atoms with Gasteiger partial charge in [-0.2, -0.15) is 0 Å². The van der Waals surface area contributed by atoms with Crippen molar-refractivity contribution in [2.75, 3.05) is 0 Å². The van der Waals surface area contributed by atoms with Crippen molar-refractivity contribution in [2.24, 2.45) is 4.99 Å². The Morgan fingerprint density at radius 2 is 1.89 bits per heavy atom. The van der Waals surface area contributed by atoms with Crippen LogP contribution >= 0.6 is 0 Å². The Morgan fingerprint density at radius 1 is 1.26 bits per heavy atom. The highest BCUT2D eigenvalue weighted by atomic mass is 16.5. The van der Waals surface area contributed by atoms with Gasteiger partial charge in [-0.05, 0) is 19.4 Å². The predicted octanol–water partition coefficient (Wildman–Crippen LogP) is 4.07. The zero-order valence-corrected chi connectivity index (χ0v) is 12.4. The van der Waals surface area contributed by atoms with Crippen LogP contribution in [0, 0.1) is 0 Å². The fourth-order valence-electron chi connectivity index (χ4n) is 2.51. The van der Waals surface area contributed by atoms with E-state index in [4.69, 9.17) is 4.74 Å². The first kappa shape index (κ1) is 15.9. The van der Waals surface area contributed by atoms with Crippen LogP contribution in [-0.2, 0) is 9.53 Å². The summed E-state index contributed by atoms with van der Waals surface area (Å²) in [4.78, 5) is 15.5. The molecule has 0 aromatic heterocycles. The average Bonchev–Trinajstić information content (AvgIpc) is 2.74. The van der Waals surface area contributed by atoms with Crippen LogP contribution in [-0.4, -0.2) is 23.8 Å². The Morgan fingerprint density at radius 3 is 2.47 bits per heavy atom. The summed E-state index contributed by atoms with van der Waals surface area (Å²) in [6.45, 7) is 7.88. The second-order valence-electron chi connectivity index (χ2n) is 5.56. The van der Waals surface area contributed by atoms with Crippen LogP contribution in [0.5, 0.6) is 0 Å². The normalized spacial score (nSPS) is 25.8. The summed E-state index contributed by atoms with van der Waals surface area (Å²) in [6, 6.07) is 0. The number of aliphatic imine (C=N–C) groups is 1. The molecule has 3 heteroatoms. The van der Waals surface area contributed by atoms with Gasteiger partial charge in [0, 0.05) is 0 Å². The first-order valence-corrected chi connectivity index (χ1v) is 7.50. The zero-order valence-electron chi connectivity index (χ0n) is 12.4. The molecule has 0 amide bonds. The smallest absolute Gasteiger partial charge is 0.209 e. The highest BCUT2D eigenvalue weighted by molar-refractivity contribution is 5.91. The van der Waals surface area contributed by atoms with E-state index in [0.29, 0.717) is 5.90 Å². The van der Waals surface area contributed by atoms with Gasteiger partial charge in [0.05, 0.1) is 0 Å². The lowest BCUT2D eigenvalue weighted by Crippen LogP contribution is -2.36. The van der Waals surface area contributed by atoms with Crippen LogP contribution < -0.4 is 0 Å². The lowest BCUT2D eigenvalue weighted by molar-refractivity contribution is -0.115. The summed E-state index contributed by atoms with van der Waals surface area (Å²) in [7, 11) is 0. The number of carbonyl (C=O) groups excluding carboxylic acids is 1. The van der Waals surface area contributed by atoms with E-state index in [9.17, 15) is 4.79 Å². The second-order valence-corrected chi connectivity index (χ2v) is 5.56. The third kappa shape index (κ3) is 4.81. The van der Waals surface area contributed by atoms with E-state index in [1.54, 1.807) is 6.08 Å². The molecule has 0 aromatic carbocycles. The summed E-state index contributed by atoms with van der Waals surface area (Å²) >= 11 is 0. The molecule has 0 N–H and O–H groups in total. The molecule has 0 saturated heterocycles. The van der Waals surface area contributed by atoms with Crippen molar-refractivity contribution in [3.8, 4) is 0 Å². The molecule has 2 unspecified atom stereocenters. The minimum absolute atomic E-state index is 0.394. The first-order chi connectivity index (χ1) is 9.16. The van der Waals surface area contributed by atoms with Crippen LogP contribution in [0.15, 0.2) is 17.6 Å². The minimum Gasteiger partial charge on any atom is -0.464 e. The van der Waals surface area contributed by atoms with Crippen LogP contribution in [0.25, 0.3) is 0 Å². The standard InChI is InChI=1S/C16H27NO2/c1-4-6-7-8-9-10-11-12-16(3)14(13-18)19-15(5-2)17-16/h5,13-14H,2,4,6-12H2,1,3H3. The first-order valence-electron chi connectivity index (χ1n) is 7.50. The molecule has 0 radical (unpaired) electrons. The summed E-state index contributed by atoms with van der Waals surface area (Å²) in [5.41, 5.74) is -0.394. The van der Waals surface area contributed by atoms with E-state index in [1.807, 2.05) is 6.92 Å². The van der Waals surface area contributed by atoms with Gasteiger partial charge in [0.25, 0.3) is 0 Å². The Bertz CT molecular complexity index is 325. The highest BCUT2D eigenvalue weighted by Crippen LogP contribution is 2.30. The van der Waals surface area contributed by atoms with Gasteiger partial charge in [-0.15, -0.1) is 0 Å². The van der Waals surface area contributed by atoms with Crippen LogP contribution in [0.3, 0.4) is 0 Å². The topological polar surface area (TPSA) is 38.7 Å². The summed E-state index contributed by atoms with van der Waals surface area (Å²) < 4.78 is 5.45. The monoisotopic (exact) mass is 265 g/mol. The van der Waals surface area contributed by atoms with Crippen LogP contribution in [0.1, 0.15) is 65.2 Å². The fraction of sp³-hybridized carbons (Fsp3) is 0.750. The number of nitrogens with zero attached hydrogens (tertiary/aromatic N) is 1. The van der Waals surface area contributed by atoms with Crippen molar-refractivity contribution in [2.45, 2.75) is 76.9 Å². The summed E-state index contributed by atoms with van der Waals surface area (Å²) in [5.74, 6) is 0.502. The number of rotatable bonds is 10. The number of hydrogen-bond acceptors (Lipinski definition) is 3. The van der Waals surface area contributed by atoms with Crippen molar-refractivity contribution in [3.05, 3.63) is 12.7 Å². The van der Waals surface area contributed by atoms with Crippen molar-refractivity contribution in [3.63, 3.8) is 0 Å². The van der Waals surface area contributed by atoms with Gasteiger partial charge in [-0.3, -0.25) is 4.79 Å². The van der Waals surface area contributed by atoms with Gasteiger partial charge in [-0.25, -0.2) is 4.99 Å². The van der Waals surface area contributed by atoms with E-state index < -0.39 is 11.6 Å². The number of unbranched alkanes of at least 4 members (excludes halogenated alkanes) is 6. The molecule has 3 nitrogen and oxygen atoms in total. The van der Waals surface area contributed by atoms with Crippen LogP contribution in [0.2, 0.25) is 0 Å². The van der Waals surface area contributed by atoms with Gasteiger partial charge in [0.15, 0.2) is 12.4 Å². The number of ether oxygens (including phenoxy) is 1. The highest BCUT2D eigenvalue weighted by Gasteiger charge is 2.40. The van der Waals surface area contributed by atoms with Gasteiger partial charge in [0.2, 0.25) is 5.90 Å². The van der Waals surface area contributed by atoms with E-state index in [1.165, 1.54) is 38.5 Å². The van der Waals surface area contributed by atoms with Gasteiger partial charge >= 0.3 is 0 Å². The van der Waals surface area contributed by atoms with Gasteiger partial charge in [0.1, 0.15) is 5.54 Å². The molecule has 0 fully saturated rings. The number of aldehydes is 1. The molecule has 0 spiro atoms. The van der Waals surface area contributed by atoms with Gasteiger partial charge in [-0.1, -0.05) is 58.4 Å². The minimum atomic E-state index is -0.444. The molecule has 108 valence electrons. The second kappa shape index (κ2) is 8.13. The number of carbonyl (C=O) groups is 1. The Hall–Kier alpha value is -1.12. The quantitative estimate of drug-likeness (QED) is 0.441. The fourth-order valence-corrected chi connectivity index (χ4v) is 2.51. The molecule has 1 aliphatic heterocycles. The zero-order chi connectivity index (χ0) is 14.1. The third-order valence-corrected chi connectivity index (χ3v) is 3.81. The Labute approximate surface area is 117 Å². The van der Waals surface area contributed by atoms with E-state index >= 15 is 0 Å². The maximum absolute atomic E-state index is 11.1. The molecule has 1 aliphatic rings. The van der Waals surface area contributed by atoms with Crippen LogP contribution in [0.4, 0.5) is 0 Å². The lowest BCUT2D eigenvalue weighted by atomic mass is 9.90. The van der Waals surface area contributed by atoms with Crippen molar-refractivity contribution < 1.29 is 9.53 Å². The molecule has 0 bridgehead atoms. The lowest BCUT2D eigenvalue weighted by Gasteiger charge is -2.23. The summed E-state index contributed by atoms with van der Waals surface area (Å²) in [6.07, 6.45) is 11.8. The molecule has 1 heterocycles. The van der Waals surface area contributed by atoms with E-state index in [2.05, 4.69) is 18.5 Å². The van der Waals surface area contributed by atoms with Crippen molar-refractivity contribution >= 4 is 12.2 Å². The summed E-state index contributed by atoms with van der Waals surface area (Å²) in [5, 5.41) is 0. The largest absolute Gasteiger partial charge is 0.464 e. The molecule has 1 rings (SSSR count). The molecule has 0 aliphatic carbocycles. The predicted molar refractivity (Wildman–Crippen MR) is 79.6 cm³/mol. The maximum Gasteiger partial charge on any atom is 0.209 e. The maximum atomic E-state index is 11.1. The SMILES string of the molecule is C=CC1=NC(C)(CCCCCCCCC)C(C=O)O1. The molecule has 0 aromatic rings. The number of hydrogen-bond donors (Lipinski definition) is 0. The van der Waals surface area contributed by atoms with Gasteiger partial charge < -0.3 is 4.74 Å². The van der Waals surface area contributed by atoms with Crippen molar-refractivity contribution in [1.29, 1.82) is 0 Å². The molecule has 2 atom stereocenters. The average molecular weight is 265 g/mol. The Balaban J connectivity index is 2.28. The van der Waals surface area contributed by atoms with Crippen molar-refractivity contribution in [1.82, 2.24) is 0 Å². The van der Waals surface area contributed by atoms with E-state index in [-0.39, 0.29) is 0 Å². The molecular weight excluding hydrogens is 238 g/mol.